The standard InChI is InChI=1S/C10H10N2S/c1-2-4-9-8(3-1)7-12-6-5-11-10(12)13-9/h1-4H,5-7H2. The van der Waals surface area contributed by atoms with Crippen LogP contribution in [0.25, 0.3) is 0 Å². The van der Waals surface area contributed by atoms with E-state index in [2.05, 4.69) is 34.2 Å². The van der Waals surface area contributed by atoms with Crippen molar-refractivity contribution in [2.75, 3.05) is 13.1 Å². The van der Waals surface area contributed by atoms with Crippen LogP contribution < -0.4 is 0 Å². The van der Waals surface area contributed by atoms with Gasteiger partial charge in [0, 0.05) is 18.0 Å². The molecule has 0 unspecified atom stereocenters. The Balaban J connectivity index is 2.04. The average molecular weight is 190 g/mol. The van der Waals surface area contributed by atoms with Gasteiger partial charge < -0.3 is 4.90 Å². The van der Waals surface area contributed by atoms with Gasteiger partial charge in [0.2, 0.25) is 0 Å². The minimum absolute atomic E-state index is 0.969. The number of hydrogen-bond donors (Lipinski definition) is 0. The van der Waals surface area contributed by atoms with Crippen molar-refractivity contribution in [1.29, 1.82) is 0 Å². The summed E-state index contributed by atoms with van der Waals surface area (Å²) in [4.78, 5) is 8.19. The van der Waals surface area contributed by atoms with Crippen LogP contribution in [0.4, 0.5) is 0 Å². The van der Waals surface area contributed by atoms with Gasteiger partial charge in [0.05, 0.1) is 6.54 Å². The lowest BCUT2D eigenvalue weighted by molar-refractivity contribution is 0.452. The van der Waals surface area contributed by atoms with Crippen molar-refractivity contribution < 1.29 is 0 Å². The molecule has 66 valence electrons. The number of hydrogen-bond acceptors (Lipinski definition) is 3. The van der Waals surface area contributed by atoms with Crippen LogP contribution in [0.2, 0.25) is 0 Å². The fourth-order valence-corrected chi connectivity index (χ4v) is 2.79. The van der Waals surface area contributed by atoms with Crippen LogP contribution in [0.5, 0.6) is 0 Å². The van der Waals surface area contributed by atoms with Crippen LogP contribution >= 0.6 is 11.8 Å². The highest BCUT2D eigenvalue weighted by atomic mass is 32.2. The van der Waals surface area contributed by atoms with Crippen LogP contribution in [0.15, 0.2) is 34.2 Å². The third-order valence-corrected chi connectivity index (χ3v) is 3.61. The second-order valence-corrected chi connectivity index (χ2v) is 4.30. The molecule has 0 aliphatic carbocycles. The Labute approximate surface area is 81.7 Å². The van der Waals surface area contributed by atoms with Gasteiger partial charge in [-0.15, -0.1) is 0 Å². The number of thioether (sulfide) groups is 1. The largest absolute Gasteiger partial charge is 0.345 e. The molecule has 0 saturated carbocycles. The van der Waals surface area contributed by atoms with E-state index in [4.69, 9.17) is 0 Å². The maximum atomic E-state index is 4.46. The molecule has 3 rings (SSSR count). The summed E-state index contributed by atoms with van der Waals surface area (Å²) in [6, 6.07) is 8.59. The van der Waals surface area contributed by atoms with Crippen molar-refractivity contribution in [2.24, 2.45) is 4.99 Å². The third-order valence-electron chi connectivity index (χ3n) is 2.42. The molecule has 0 N–H and O–H groups in total. The predicted octanol–water partition coefficient (Wildman–Crippen LogP) is 1.96. The average Bonchev–Trinajstić information content (AvgIpc) is 2.61. The van der Waals surface area contributed by atoms with E-state index in [0.717, 1.165) is 19.6 Å². The van der Waals surface area contributed by atoms with E-state index in [1.165, 1.54) is 15.6 Å². The Morgan fingerprint density at radius 1 is 1.31 bits per heavy atom. The van der Waals surface area contributed by atoms with E-state index in [0.29, 0.717) is 0 Å². The van der Waals surface area contributed by atoms with E-state index < -0.39 is 0 Å². The highest BCUT2D eigenvalue weighted by Crippen LogP contribution is 2.33. The first-order chi connectivity index (χ1) is 6.43. The molecule has 0 bridgehead atoms. The minimum Gasteiger partial charge on any atom is -0.345 e. The minimum atomic E-state index is 0.969. The smallest absolute Gasteiger partial charge is 0.164 e. The molecule has 1 aromatic carbocycles. The summed E-state index contributed by atoms with van der Waals surface area (Å²) in [6.07, 6.45) is 0. The molecule has 2 aliphatic heterocycles. The van der Waals surface area contributed by atoms with Crippen molar-refractivity contribution in [3.63, 3.8) is 0 Å². The summed E-state index contributed by atoms with van der Waals surface area (Å²) < 4.78 is 0. The number of rotatable bonds is 0. The second-order valence-electron chi connectivity index (χ2n) is 3.30. The van der Waals surface area contributed by atoms with Gasteiger partial charge in [0.15, 0.2) is 5.17 Å². The second kappa shape index (κ2) is 2.77. The van der Waals surface area contributed by atoms with Gasteiger partial charge in [-0.25, -0.2) is 0 Å². The Morgan fingerprint density at radius 2 is 2.23 bits per heavy atom. The fourth-order valence-electron chi connectivity index (χ4n) is 1.74. The van der Waals surface area contributed by atoms with Crippen LogP contribution in [0, 0.1) is 0 Å². The van der Waals surface area contributed by atoms with E-state index >= 15 is 0 Å². The van der Waals surface area contributed by atoms with Crippen molar-refractivity contribution in [3.8, 4) is 0 Å². The molecule has 0 aromatic heterocycles. The number of aliphatic imine (C=N–C) groups is 1. The number of fused-ring (bicyclic) bond motifs is 2. The molecular weight excluding hydrogens is 180 g/mol. The fraction of sp³-hybridized carbons (Fsp3) is 0.300. The van der Waals surface area contributed by atoms with Crippen molar-refractivity contribution in [1.82, 2.24) is 4.90 Å². The molecule has 2 nitrogen and oxygen atoms in total. The maximum absolute atomic E-state index is 4.46. The van der Waals surface area contributed by atoms with E-state index in [-0.39, 0.29) is 0 Å². The lowest BCUT2D eigenvalue weighted by atomic mass is 10.2. The zero-order chi connectivity index (χ0) is 8.67. The Hall–Kier alpha value is -0.960. The van der Waals surface area contributed by atoms with Gasteiger partial charge >= 0.3 is 0 Å². The lowest BCUT2D eigenvalue weighted by Crippen LogP contribution is -2.28. The highest BCUT2D eigenvalue weighted by Gasteiger charge is 2.24. The summed E-state index contributed by atoms with van der Waals surface area (Å²) in [6.45, 7) is 3.11. The third kappa shape index (κ3) is 1.15. The van der Waals surface area contributed by atoms with Crippen LogP contribution in [0.1, 0.15) is 5.56 Å². The van der Waals surface area contributed by atoms with Crippen molar-refractivity contribution in [3.05, 3.63) is 29.8 Å². The topological polar surface area (TPSA) is 15.6 Å². The van der Waals surface area contributed by atoms with Gasteiger partial charge in [-0.05, 0) is 11.6 Å². The van der Waals surface area contributed by atoms with Gasteiger partial charge in [0.1, 0.15) is 0 Å². The monoisotopic (exact) mass is 190 g/mol. The van der Waals surface area contributed by atoms with E-state index in [1.807, 2.05) is 0 Å². The zero-order valence-corrected chi connectivity index (χ0v) is 8.05. The molecule has 0 saturated heterocycles. The predicted molar refractivity (Wildman–Crippen MR) is 55.0 cm³/mol. The van der Waals surface area contributed by atoms with Crippen LogP contribution in [-0.4, -0.2) is 23.2 Å². The normalized spacial score (nSPS) is 19.4. The summed E-state index contributed by atoms with van der Waals surface area (Å²) in [5, 5.41) is 1.21. The molecule has 0 fully saturated rings. The lowest BCUT2D eigenvalue weighted by Gasteiger charge is -2.26. The molecule has 2 aliphatic rings. The van der Waals surface area contributed by atoms with Gasteiger partial charge in [-0.3, -0.25) is 4.99 Å². The van der Waals surface area contributed by atoms with E-state index in [9.17, 15) is 0 Å². The zero-order valence-electron chi connectivity index (χ0n) is 7.23. The molecule has 13 heavy (non-hydrogen) atoms. The molecule has 1 aromatic rings. The van der Waals surface area contributed by atoms with Crippen LogP contribution in [0.3, 0.4) is 0 Å². The molecule has 3 heteroatoms. The summed E-state index contributed by atoms with van der Waals surface area (Å²) in [5.41, 5.74) is 1.44. The van der Waals surface area contributed by atoms with Gasteiger partial charge in [0.25, 0.3) is 0 Å². The summed E-state index contributed by atoms with van der Waals surface area (Å²) in [7, 11) is 0. The first-order valence-corrected chi connectivity index (χ1v) is 5.30. The first-order valence-electron chi connectivity index (χ1n) is 4.49. The van der Waals surface area contributed by atoms with Gasteiger partial charge in [-0.1, -0.05) is 30.0 Å². The van der Waals surface area contributed by atoms with Gasteiger partial charge in [-0.2, -0.15) is 0 Å². The SMILES string of the molecule is c1ccc2c(c1)CN1CCN=C1S2. The Morgan fingerprint density at radius 3 is 3.23 bits per heavy atom. The number of nitrogens with zero attached hydrogens (tertiary/aromatic N) is 2. The van der Waals surface area contributed by atoms with Crippen molar-refractivity contribution >= 4 is 16.9 Å². The van der Waals surface area contributed by atoms with E-state index in [1.54, 1.807) is 11.8 Å². The summed E-state index contributed by atoms with van der Waals surface area (Å²) in [5.74, 6) is 0. The quantitative estimate of drug-likeness (QED) is 0.621. The van der Waals surface area contributed by atoms with Crippen LogP contribution in [-0.2, 0) is 6.54 Å². The first kappa shape index (κ1) is 7.44. The Kier molecular flexibility index (Phi) is 1.59. The Bertz CT molecular complexity index is 373. The molecule has 0 radical (unpaired) electrons. The molecule has 0 amide bonds. The number of amidine groups is 1. The molecule has 0 atom stereocenters. The van der Waals surface area contributed by atoms with Crippen molar-refractivity contribution in [2.45, 2.75) is 11.4 Å². The molecule has 0 spiro atoms. The highest BCUT2D eigenvalue weighted by molar-refractivity contribution is 8.14. The maximum Gasteiger partial charge on any atom is 0.164 e. The molecular formula is C10H10N2S. The number of benzene rings is 1. The molecule has 2 heterocycles. The summed E-state index contributed by atoms with van der Waals surface area (Å²) >= 11 is 1.80.